The maximum Gasteiger partial charge on any atom is 0.265 e. The predicted molar refractivity (Wildman–Crippen MR) is 90.2 cm³/mol. The Morgan fingerprint density at radius 2 is 1.77 bits per heavy atom. The van der Waals surface area contributed by atoms with Gasteiger partial charge in [-0.05, 0) is 49.6 Å². The number of carbonyl (C=O) groups is 1. The summed E-state index contributed by atoms with van der Waals surface area (Å²) in [5.41, 5.74) is 2.10. The van der Waals surface area contributed by atoms with Gasteiger partial charge in [0.15, 0.2) is 6.10 Å². The van der Waals surface area contributed by atoms with E-state index >= 15 is 0 Å². The molecule has 0 saturated heterocycles. The van der Waals surface area contributed by atoms with Crippen LogP contribution in [-0.4, -0.2) is 12.0 Å². The van der Waals surface area contributed by atoms with Gasteiger partial charge in [0.2, 0.25) is 0 Å². The zero-order valence-electron chi connectivity index (χ0n) is 13.2. The van der Waals surface area contributed by atoms with Crippen LogP contribution in [0.5, 0.6) is 5.75 Å². The lowest BCUT2D eigenvalue weighted by Crippen LogP contribution is -2.30. The largest absolute Gasteiger partial charge is 0.481 e. The van der Waals surface area contributed by atoms with Gasteiger partial charge in [-0.25, -0.2) is 0 Å². The van der Waals surface area contributed by atoms with Crippen molar-refractivity contribution in [1.29, 1.82) is 0 Å². The second-order valence-corrected chi connectivity index (χ2v) is 5.36. The van der Waals surface area contributed by atoms with Gasteiger partial charge in [0.25, 0.3) is 5.91 Å². The molecule has 0 radical (unpaired) electrons. The van der Waals surface area contributed by atoms with Crippen LogP contribution in [0.4, 0.5) is 5.69 Å². The lowest BCUT2D eigenvalue weighted by Gasteiger charge is -2.14. The van der Waals surface area contributed by atoms with Gasteiger partial charge >= 0.3 is 0 Å². The highest BCUT2D eigenvalue weighted by Gasteiger charge is 2.14. The Labute approximate surface area is 132 Å². The minimum absolute atomic E-state index is 0.148. The van der Waals surface area contributed by atoms with E-state index in [2.05, 4.69) is 24.4 Å². The van der Waals surface area contributed by atoms with Crippen LogP contribution in [0.15, 0.2) is 54.6 Å². The standard InChI is InChI=1S/C19H23NO2/c1-3-4-8-16-11-13-17(14-12-16)20-19(21)15(2)22-18-9-6-5-7-10-18/h5-7,9-15H,3-4,8H2,1-2H3,(H,20,21)/t15-/m1/s1. The molecule has 116 valence electrons. The molecule has 2 aromatic carbocycles. The number of hydrogen-bond acceptors (Lipinski definition) is 2. The molecule has 0 aliphatic carbocycles. The normalized spacial score (nSPS) is 11.7. The summed E-state index contributed by atoms with van der Waals surface area (Å²) in [5.74, 6) is 0.547. The van der Waals surface area contributed by atoms with E-state index in [-0.39, 0.29) is 5.91 Å². The molecular formula is C19H23NO2. The van der Waals surface area contributed by atoms with Crippen molar-refractivity contribution in [2.24, 2.45) is 0 Å². The third-order valence-electron chi connectivity index (χ3n) is 3.47. The smallest absolute Gasteiger partial charge is 0.265 e. The number of ether oxygens (including phenoxy) is 1. The van der Waals surface area contributed by atoms with Gasteiger partial charge in [-0.1, -0.05) is 43.7 Å². The third-order valence-corrected chi connectivity index (χ3v) is 3.47. The van der Waals surface area contributed by atoms with Crippen LogP contribution >= 0.6 is 0 Å². The quantitative estimate of drug-likeness (QED) is 0.820. The number of amides is 1. The molecule has 0 unspecified atom stereocenters. The molecule has 3 nitrogen and oxygen atoms in total. The third kappa shape index (κ3) is 4.92. The van der Waals surface area contributed by atoms with Gasteiger partial charge < -0.3 is 10.1 Å². The molecule has 1 atom stereocenters. The number of anilines is 1. The average Bonchev–Trinajstić information content (AvgIpc) is 2.55. The summed E-state index contributed by atoms with van der Waals surface area (Å²) in [7, 11) is 0. The zero-order chi connectivity index (χ0) is 15.8. The van der Waals surface area contributed by atoms with Gasteiger partial charge in [0.05, 0.1) is 0 Å². The topological polar surface area (TPSA) is 38.3 Å². The SMILES string of the molecule is CCCCc1ccc(NC(=O)[C@@H](C)Oc2ccccc2)cc1. The summed E-state index contributed by atoms with van der Waals surface area (Å²) in [6.07, 6.45) is 2.92. The summed E-state index contributed by atoms with van der Waals surface area (Å²) in [4.78, 5) is 12.1. The molecule has 0 bridgehead atoms. The molecule has 0 heterocycles. The lowest BCUT2D eigenvalue weighted by molar-refractivity contribution is -0.122. The first-order valence-electron chi connectivity index (χ1n) is 7.80. The van der Waals surface area contributed by atoms with Crippen LogP contribution in [0.25, 0.3) is 0 Å². The number of unbranched alkanes of at least 4 members (excludes halogenated alkanes) is 1. The van der Waals surface area contributed by atoms with E-state index in [4.69, 9.17) is 4.74 Å². The van der Waals surface area contributed by atoms with Crippen LogP contribution in [0.1, 0.15) is 32.3 Å². The molecule has 1 amide bonds. The van der Waals surface area contributed by atoms with Gasteiger partial charge in [0, 0.05) is 5.69 Å². The highest BCUT2D eigenvalue weighted by Crippen LogP contribution is 2.14. The Morgan fingerprint density at radius 3 is 2.41 bits per heavy atom. The van der Waals surface area contributed by atoms with Crippen LogP contribution in [0.3, 0.4) is 0 Å². The van der Waals surface area contributed by atoms with E-state index < -0.39 is 6.10 Å². The average molecular weight is 297 g/mol. The number of carbonyl (C=O) groups excluding carboxylic acids is 1. The number of nitrogens with one attached hydrogen (secondary N) is 1. The van der Waals surface area contributed by atoms with Crippen LogP contribution in [-0.2, 0) is 11.2 Å². The van der Waals surface area contributed by atoms with Crippen molar-refractivity contribution in [3.63, 3.8) is 0 Å². The molecule has 0 spiro atoms. The van der Waals surface area contributed by atoms with Crippen molar-refractivity contribution in [1.82, 2.24) is 0 Å². The highest BCUT2D eigenvalue weighted by atomic mass is 16.5. The number of aryl methyl sites for hydroxylation is 1. The molecule has 2 rings (SSSR count). The van der Waals surface area contributed by atoms with Crippen LogP contribution in [0, 0.1) is 0 Å². The molecule has 0 aliphatic rings. The summed E-state index contributed by atoms with van der Waals surface area (Å²) in [6, 6.07) is 17.4. The molecule has 1 N–H and O–H groups in total. The fourth-order valence-corrected chi connectivity index (χ4v) is 2.14. The Balaban J connectivity index is 1.88. The predicted octanol–water partition coefficient (Wildman–Crippen LogP) is 4.44. The first-order chi connectivity index (χ1) is 10.7. The van der Waals surface area contributed by atoms with Crippen molar-refractivity contribution in [3.05, 3.63) is 60.2 Å². The fourth-order valence-electron chi connectivity index (χ4n) is 2.14. The van der Waals surface area contributed by atoms with Crippen molar-refractivity contribution in [3.8, 4) is 5.75 Å². The zero-order valence-corrected chi connectivity index (χ0v) is 13.2. The molecule has 2 aromatic rings. The molecular weight excluding hydrogens is 274 g/mol. The molecule has 3 heteroatoms. The second-order valence-electron chi connectivity index (χ2n) is 5.36. The summed E-state index contributed by atoms with van der Waals surface area (Å²) in [5, 5.41) is 2.88. The monoisotopic (exact) mass is 297 g/mol. The van der Waals surface area contributed by atoms with Crippen LogP contribution < -0.4 is 10.1 Å². The Bertz CT molecular complexity index is 578. The molecule has 0 saturated carbocycles. The van der Waals surface area contributed by atoms with Crippen LogP contribution in [0.2, 0.25) is 0 Å². The van der Waals surface area contributed by atoms with E-state index in [1.807, 2.05) is 42.5 Å². The Hall–Kier alpha value is -2.29. The van der Waals surface area contributed by atoms with Gasteiger partial charge in [0.1, 0.15) is 5.75 Å². The van der Waals surface area contributed by atoms with E-state index in [1.54, 1.807) is 6.92 Å². The fraction of sp³-hybridized carbons (Fsp3) is 0.316. The van der Waals surface area contributed by atoms with Gasteiger partial charge in [-0.15, -0.1) is 0 Å². The Kier molecular flexibility index (Phi) is 6.01. The summed E-state index contributed by atoms with van der Waals surface area (Å²) >= 11 is 0. The minimum atomic E-state index is -0.540. The number of benzene rings is 2. The number of para-hydroxylation sites is 1. The van der Waals surface area contributed by atoms with E-state index in [0.717, 1.165) is 12.1 Å². The van der Waals surface area contributed by atoms with Gasteiger partial charge in [-0.3, -0.25) is 4.79 Å². The Morgan fingerprint density at radius 1 is 1.09 bits per heavy atom. The molecule has 22 heavy (non-hydrogen) atoms. The van der Waals surface area contributed by atoms with E-state index in [0.29, 0.717) is 5.75 Å². The minimum Gasteiger partial charge on any atom is -0.481 e. The maximum atomic E-state index is 12.1. The summed E-state index contributed by atoms with van der Waals surface area (Å²) in [6.45, 7) is 3.93. The molecule has 0 aromatic heterocycles. The lowest BCUT2D eigenvalue weighted by atomic mass is 10.1. The first kappa shape index (κ1) is 16.1. The van der Waals surface area contributed by atoms with Crippen molar-refractivity contribution in [2.45, 2.75) is 39.2 Å². The van der Waals surface area contributed by atoms with Crippen molar-refractivity contribution < 1.29 is 9.53 Å². The van der Waals surface area contributed by atoms with Crippen molar-refractivity contribution in [2.75, 3.05) is 5.32 Å². The van der Waals surface area contributed by atoms with E-state index in [1.165, 1.54) is 18.4 Å². The number of hydrogen-bond donors (Lipinski definition) is 1. The summed E-state index contributed by atoms with van der Waals surface area (Å²) < 4.78 is 5.61. The van der Waals surface area contributed by atoms with Crippen molar-refractivity contribution >= 4 is 11.6 Å². The molecule has 0 fully saturated rings. The second kappa shape index (κ2) is 8.23. The molecule has 0 aliphatic heterocycles. The first-order valence-corrected chi connectivity index (χ1v) is 7.80. The number of rotatable bonds is 7. The maximum absolute atomic E-state index is 12.1. The van der Waals surface area contributed by atoms with E-state index in [9.17, 15) is 4.79 Å². The highest BCUT2D eigenvalue weighted by molar-refractivity contribution is 5.94. The van der Waals surface area contributed by atoms with Gasteiger partial charge in [-0.2, -0.15) is 0 Å².